The molecule has 0 saturated carbocycles. The highest BCUT2D eigenvalue weighted by Gasteiger charge is 2.41. The summed E-state index contributed by atoms with van der Waals surface area (Å²) in [6.45, 7) is 8.91. The van der Waals surface area contributed by atoms with Crippen LogP contribution in [-0.4, -0.2) is 120 Å². The normalized spacial score (nSPS) is 19.7. The lowest BCUT2D eigenvalue weighted by Crippen LogP contribution is -2.50. The number of amides is 4. The predicted molar refractivity (Wildman–Crippen MR) is 257 cm³/mol. The molecule has 0 radical (unpaired) electrons. The van der Waals surface area contributed by atoms with Gasteiger partial charge in [0.05, 0.1) is 64.2 Å². The first-order chi connectivity index (χ1) is 33.1. The summed E-state index contributed by atoms with van der Waals surface area (Å²) in [5, 5.41) is 39.7. The van der Waals surface area contributed by atoms with Gasteiger partial charge in [0.1, 0.15) is 23.2 Å². The summed E-state index contributed by atoms with van der Waals surface area (Å²) in [5.74, 6) is -1.02. The van der Waals surface area contributed by atoms with Crippen LogP contribution in [0.2, 0.25) is 5.02 Å². The molecule has 0 spiro atoms. The first-order valence-corrected chi connectivity index (χ1v) is 24.2. The number of hydrogen-bond donors (Lipinski definition) is 4. The van der Waals surface area contributed by atoms with Crippen LogP contribution in [-0.2, 0) is 19.2 Å². The smallest absolute Gasteiger partial charge is 0.249 e. The number of carbonyl (C=O) groups excluding carboxylic acids is 4. The molecule has 0 aliphatic carbocycles. The number of rotatable bonds is 12. The third-order valence-corrected chi connectivity index (χ3v) is 14.7. The quantitative estimate of drug-likeness (QED) is 0.111. The maximum absolute atomic E-state index is 16.1. The largest absolute Gasteiger partial charge is 0.389 e. The molecule has 9 rings (SSSR count). The molecule has 4 fully saturated rings. The Kier molecular flexibility index (Phi) is 13.3. The number of halogens is 2. The van der Waals surface area contributed by atoms with Crippen molar-refractivity contribution >= 4 is 57.9 Å². The Morgan fingerprint density at radius 3 is 2.38 bits per heavy atom. The van der Waals surface area contributed by atoms with Gasteiger partial charge in [0.15, 0.2) is 11.6 Å². The van der Waals surface area contributed by atoms with Crippen molar-refractivity contribution in [3.05, 3.63) is 71.7 Å². The lowest BCUT2D eigenvalue weighted by Gasteiger charge is -2.41. The van der Waals surface area contributed by atoms with Gasteiger partial charge in [-0.25, -0.2) is 18.9 Å². The number of aromatic nitrogens is 6. The molecule has 20 heteroatoms. The number of imide groups is 1. The van der Waals surface area contributed by atoms with Crippen LogP contribution in [0, 0.1) is 22.6 Å². The number of piperidine rings is 4. The van der Waals surface area contributed by atoms with Gasteiger partial charge in [-0.2, -0.15) is 15.5 Å². The summed E-state index contributed by atoms with van der Waals surface area (Å²) in [6.07, 6.45) is 13.0. The molecule has 4 saturated heterocycles. The molecule has 4 N–H and O–H groups in total. The molecule has 1 aromatic carbocycles. The fraction of sp³-hybridized carbons (Fsp3) is 0.490. The van der Waals surface area contributed by atoms with Crippen molar-refractivity contribution in [2.24, 2.45) is 5.41 Å². The zero-order chi connectivity index (χ0) is 48.6. The van der Waals surface area contributed by atoms with E-state index in [1.54, 1.807) is 29.2 Å². The number of nitriles is 1. The standard InChI is InChI=1S/C49H57ClFN13O5/c1-4-48(47(68)56-30(2)3)11-17-62(18-12-48)45-37(51)21-31(25-53-45)43-44-32(24-52)26-55-64(44)29-39(58-43)33-27-54-63(28-33)35-9-15-61(16-10-35)42(66)23-49(69)13-19-60(20-14-49)40-7-5-34(22-36(40)50)57-38-6-8-41(65)59-46(38)67/h5,7,21-22,25-30,35,38,57,69H,4,6,8-20,23H2,1-3H3,(H,56,68)(H,59,65,67). The van der Waals surface area contributed by atoms with E-state index in [1.165, 1.54) is 12.3 Å². The molecular formula is C49H57ClFN13O5. The van der Waals surface area contributed by atoms with Crippen LogP contribution in [0.5, 0.6) is 0 Å². The van der Waals surface area contributed by atoms with Crippen LogP contribution in [0.3, 0.4) is 0 Å². The Hall–Kier alpha value is -6.65. The van der Waals surface area contributed by atoms with E-state index in [0.29, 0.717) is 129 Å². The minimum atomic E-state index is -1.15. The highest BCUT2D eigenvalue weighted by atomic mass is 35.5. The van der Waals surface area contributed by atoms with Crippen molar-refractivity contribution in [3.8, 4) is 28.6 Å². The number of aliphatic hydroxyl groups is 1. The summed E-state index contributed by atoms with van der Waals surface area (Å²) >= 11 is 6.69. The van der Waals surface area contributed by atoms with Crippen molar-refractivity contribution < 1.29 is 28.7 Å². The van der Waals surface area contributed by atoms with Gasteiger partial charge in [-0.15, -0.1) is 0 Å². The van der Waals surface area contributed by atoms with Crippen LogP contribution in [0.15, 0.2) is 55.2 Å². The monoisotopic (exact) mass is 961 g/mol. The van der Waals surface area contributed by atoms with Gasteiger partial charge in [-0.3, -0.25) is 29.2 Å². The van der Waals surface area contributed by atoms with E-state index in [4.69, 9.17) is 21.7 Å². The van der Waals surface area contributed by atoms with Crippen LogP contribution in [0.1, 0.15) is 96.6 Å². The van der Waals surface area contributed by atoms with E-state index in [0.717, 1.165) is 5.69 Å². The number of likely N-dealkylation sites (tertiary alicyclic amines) is 1. The Morgan fingerprint density at radius 1 is 0.971 bits per heavy atom. The van der Waals surface area contributed by atoms with Crippen LogP contribution in [0.4, 0.5) is 21.6 Å². The van der Waals surface area contributed by atoms with Gasteiger partial charge in [-0.05, 0) is 89.5 Å². The highest BCUT2D eigenvalue weighted by Crippen LogP contribution is 2.39. The summed E-state index contributed by atoms with van der Waals surface area (Å²) in [4.78, 5) is 65.8. The molecule has 5 aromatic rings. The van der Waals surface area contributed by atoms with Gasteiger partial charge in [0, 0.05) is 80.9 Å². The molecule has 8 heterocycles. The molecule has 0 bridgehead atoms. The Bertz CT molecular complexity index is 2820. The second kappa shape index (κ2) is 19.4. The predicted octanol–water partition coefficient (Wildman–Crippen LogP) is 5.64. The van der Waals surface area contributed by atoms with Crippen molar-refractivity contribution in [1.29, 1.82) is 5.26 Å². The summed E-state index contributed by atoms with van der Waals surface area (Å²) in [7, 11) is 0. The zero-order valence-electron chi connectivity index (χ0n) is 39.1. The lowest BCUT2D eigenvalue weighted by atomic mass is 9.75. The number of nitrogens with zero attached hydrogens (tertiary/aromatic N) is 10. The van der Waals surface area contributed by atoms with Crippen LogP contribution >= 0.6 is 11.6 Å². The zero-order valence-corrected chi connectivity index (χ0v) is 39.8. The maximum Gasteiger partial charge on any atom is 0.249 e. The SMILES string of the molecule is CCC1(C(=O)NC(C)C)CCN(c2ncc(-c3nc(-c4cnn(C5CCN(C(=O)CC6(O)CCN(c7ccc(NC8CCC(=O)NC8=O)cc7Cl)CC6)CC5)c4)cn4ncc(C#N)c34)cc2F)CC1. The van der Waals surface area contributed by atoms with E-state index in [1.807, 2.05) is 53.6 Å². The highest BCUT2D eigenvalue weighted by molar-refractivity contribution is 6.33. The molecular weight excluding hydrogens is 905 g/mol. The average Bonchev–Trinajstić information content (AvgIpc) is 4.01. The Labute approximate surface area is 404 Å². The summed E-state index contributed by atoms with van der Waals surface area (Å²) in [6, 6.07) is 8.56. The number of fused-ring (bicyclic) bond motifs is 1. The molecule has 69 heavy (non-hydrogen) atoms. The van der Waals surface area contributed by atoms with Gasteiger partial charge in [-0.1, -0.05) is 18.5 Å². The maximum atomic E-state index is 16.1. The van der Waals surface area contributed by atoms with Crippen molar-refractivity contribution in [1.82, 2.24) is 44.9 Å². The Balaban J connectivity index is 0.810. The molecule has 1 atom stereocenters. The molecule has 362 valence electrons. The van der Waals surface area contributed by atoms with Gasteiger partial charge in [0.25, 0.3) is 0 Å². The number of anilines is 3. The lowest BCUT2D eigenvalue weighted by molar-refractivity contribution is -0.139. The topological polar surface area (TPSA) is 219 Å². The first-order valence-electron chi connectivity index (χ1n) is 23.8. The minimum Gasteiger partial charge on any atom is -0.389 e. The van der Waals surface area contributed by atoms with Gasteiger partial charge in [0.2, 0.25) is 23.6 Å². The van der Waals surface area contributed by atoms with E-state index >= 15 is 4.39 Å². The second-order valence-corrected chi connectivity index (χ2v) is 19.6. The van der Waals surface area contributed by atoms with E-state index < -0.39 is 22.9 Å². The molecule has 4 aliphatic rings. The number of pyridine rings is 1. The molecule has 18 nitrogen and oxygen atoms in total. The number of carbonyl (C=O) groups is 4. The number of nitrogens with one attached hydrogen (secondary N) is 3. The summed E-state index contributed by atoms with van der Waals surface area (Å²) < 4.78 is 19.5. The van der Waals surface area contributed by atoms with Crippen LogP contribution < -0.4 is 25.8 Å². The van der Waals surface area contributed by atoms with E-state index in [2.05, 4.69) is 37.0 Å². The fourth-order valence-corrected chi connectivity index (χ4v) is 10.5. The van der Waals surface area contributed by atoms with E-state index in [9.17, 15) is 29.5 Å². The van der Waals surface area contributed by atoms with Gasteiger partial charge < -0.3 is 30.4 Å². The average molecular weight is 963 g/mol. The third-order valence-electron chi connectivity index (χ3n) is 14.4. The molecule has 4 aromatic heterocycles. The summed E-state index contributed by atoms with van der Waals surface area (Å²) in [5.41, 5.74) is 2.46. The number of benzene rings is 1. The number of hydrogen-bond acceptors (Lipinski definition) is 13. The Morgan fingerprint density at radius 2 is 1.71 bits per heavy atom. The van der Waals surface area contributed by atoms with Gasteiger partial charge >= 0.3 is 0 Å². The van der Waals surface area contributed by atoms with Crippen molar-refractivity contribution in [2.45, 2.75) is 109 Å². The molecule has 4 aliphatic heterocycles. The molecule has 1 unspecified atom stereocenters. The third kappa shape index (κ3) is 9.82. The van der Waals surface area contributed by atoms with Crippen LogP contribution in [0.25, 0.3) is 28.0 Å². The fourth-order valence-electron chi connectivity index (χ4n) is 10.2. The minimum absolute atomic E-state index is 0.00952. The molecule has 4 amide bonds. The second-order valence-electron chi connectivity index (χ2n) is 19.2. The van der Waals surface area contributed by atoms with Crippen molar-refractivity contribution in [3.63, 3.8) is 0 Å². The van der Waals surface area contributed by atoms with Crippen molar-refractivity contribution in [2.75, 3.05) is 54.4 Å². The van der Waals surface area contributed by atoms with E-state index in [-0.39, 0.29) is 59.9 Å². The first kappa shape index (κ1) is 47.4.